The van der Waals surface area contributed by atoms with Gasteiger partial charge in [0, 0.05) is 17.8 Å². The standard InChI is InChI=1S/C19H26N4O/c1-11(2)9-16-15(10-20)17(14-7-5-12(3)6-8-14)18(13(4)22-16)23-19(21)24/h5-8,11H,9-10,20H2,1-4H3,(H3,21,23,24). The Morgan fingerprint density at radius 1 is 1.21 bits per heavy atom. The summed E-state index contributed by atoms with van der Waals surface area (Å²) in [6, 6.07) is 7.56. The summed E-state index contributed by atoms with van der Waals surface area (Å²) in [5.41, 5.74) is 17.8. The molecule has 0 unspecified atom stereocenters. The monoisotopic (exact) mass is 326 g/mol. The van der Waals surface area contributed by atoms with Crippen molar-refractivity contribution in [2.75, 3.05) is 5.32 Å². The molecule has 5 heteroatoms. The van der Waals surface area contributed by atoms with Crippen molar-refractivity contribution in [2.45, 2.75) is 40.7 Å². The average molecular weight is 326 g/mol. The van der Waals surface area contributed by atoms with Gasteiger partial charge in [-0.3, -0.25) is 4.98 Å². The highest BCUT2D eigenvalue weighted by Crippen LogP contribution is 2.36. The number of hydrogen-bond donors (Lipinski definition) is 3. The van der Waals surface area contributed by atoms with Gasteiger partial charge >= 0.3 is 6.03 Å². The maximum Gasteiger partial charge on any atom is 0.316 e. The third-order valence-electron chi connectivity index (χ3n) is 3.96. The lowest BCUT2D eigenvalue weighted by Gasteiger charge is -2.21. The van der Waals surface area contributed by atoms with E-state index >= 15 is 0 Å². The Kier molecular flexibility index (Phi) is 5.57. The maximum absolute atomic E-state index is 11.5. The molecule has 1 heterocycles. The fourth-order valence-corrected chi connectivity index (χ4v) is 2.89. The van der Waals surface area contributed by atoms with Crippen LogP contribution in [0.4, 0.5) is 10.5 Å². The average Bonchev–Trinajstić information content (AvgIpc) is 2.49. The third-order valence-corrected chi connectivity index (χ3v) is 3.96. The van der Waals surface area contributed by atoms with E-state index in [0.29, 0.717) is 18.2 Å². The summed E-state index contributed by atoms with van der Waals surface area (Å²) in [5.74, 6) is 0.461. The molecule has 5 N–H and O–H groups in total. The maximum atomic E-state index is 11.5. The smallest absolute Gasteiger partial charge is 0.316 e. The summed E-state index contributed by atoms with van der Waals surface area (Å²) in [5, 5.41) is 2.73. The second kappa shape index (κ2) is 7.45. The summed E-state index contributed by atoms with van der Waals surface area (Å²) in [4.78, 5) is 16.2. The summed E-state index contributed by atoms with van der Waals surface area (Å²) in [7, 11) is 0. The Bertz CT molecular complexity index is 736. The Hall–Kier alpha value is -2.40. The van der Waals surface area contributed by atoms with E-state index in [0.717, 1.165) is 34.5 Å². The van der Waals surface area contributed by atoms with Crippen molar-refractivity contribution in [3.8, 4) is 11.1 Å². The summed E-state index contributed by atoms with van der Waals surface area (Å²) in [6.45, 7) is 8.58. The largest absolute Gasteiger partial charge is 0.351 e. The minimum absolute atomic E-state index is 0.353. The number of primary amides is 1. The summed E-state index contributed by atoms with van der Waals surface area (Å²) < 4.78 is 0. The first kappa shape index (κ1) is 17.9. The zero-order valence-electron chi connectivity index (χ0n) is 14.8. The van der Waals surface area contributed by atoms with Crippen LogP contribution in [0.2, 0.25) is 0 Å². The fourth-order valence-electron chi connectivity index (χ4n) is 2.89. The number of hydrogen-bond acceptors (Lipinski definition) is 3. The zero-order chi connectivity index (χ0) is 17.9. The summed E-state index contributed by atoms with van der Waals surface area (Å²) >= 11 is 0. The van der Waals surface area contributed by atoms with Gasteiger partial charge in [-0.15, -0.1) is 0 Å². The van der Waals surface area contributed by atoms with E-state index in [2.05, 4.69) is 19.2 Å². The van der Waals surface area contributed by atoms with Gasteiger partial charge in [-0.25, -0.2) is 4.79 Å². The van der Waals surface area contributed by atoms with Gasteiger partial charge in [0.2, 0.25) is 0 Å². The van der Waals surface area contributed by atoms with Crippen LogP contribution in [0.15, 0.2) is 24.3 Å². The van der Waals surface area contributed by atoms with Gasteiger partial charge in [-0.2, -0.15) is 0 Å². The fraction of sp³-hybridized carbons (Fsp3) is 0.368. The van der Waals surface area contributed by atoms with E-state index in [9.17, 15) is 4.79 Å². The van der Waals surface area contributed by atoms with Crippen LogP contribution >= 0.6 is 0 Å². The third kappa shape index (κ3) is 3.92. The van der Waals surface area contributed by atoms with E-state index in [4.69, 9.17) is 16.5 Å². The number of aryl methyl sites for hydroxylation is 2. The van der Waals surface area contributed by atoms with E-state index in [1.807, 2.05) is 38.1 Å². The van der Waals surface area contributed by atoms with Crippen LogP contribution in [0.25, 0.3) is 11.1 Å². The number of amides is 2. The van der Waals surface area contributed by atoms with Crippen molar-refractivity contribution in [1.29, 1.82) is 0 Å². The molecule has 0 bridgehead atoms. The van der Waals surface area contributed by atoms with E-state index in [1.54, 1.807) is 0 Å². The molecule has 0 saturated heterocycles. The highest BCUT2D eigenvalue weighted by Gasteiger charge is 2.20. The number of nitrogens with one attached hydrogen (secondary N) is 1. The number of carbonyl (C=O) groups excluding carboxylic acids is 1. The first-order valence-electron chi connectivity index (χ1n) is 8.19. The Morgan fingerprint density at radius 2 is 1.83 bits per heavy atom. The minimum Gasteiger partial charge on any atom is -0.351 e. The Morgan fingerprint density at radius 3 is 2.33 bits per heavy atom. The molecule has 0 aliphatic carbocycles. The van der Waals surface area contributed by atoms with Crippen LogP contribution in [0.3, 0.4) is 0 Å². The highest BCUT2D eigenvalue weighted by molar-refractivity contribution is 5.95. The van der Waals surface area contributed by atoms with Gasteiger partial charge in [-0.05, 0) is 37.3 Å². The number of rotatable bonds is 5. The van der Waals surface area contributed by atoms with Crippen LogP contribution in [0.5, 0.6) is 0 Å². The topological polar surface area (TPSA) is 94.0 Å². The molecule has 0 radical (unpaired) electrons. The number of pyridine rings is 1. The second-order valence-corrected chi connectivity index (χ2v) is 6.53. The van der Waals surface area contributed by atoms with Gasteiger partial charge in [-0.1, -0.05) is 43.7 Å². The quantitative estimate of drug-likeness (QED) is 0.784. The molecule has 0 fully saturated rings. The van der Waals surface area contributed by atoms with Crippen LogP contribution < -0.4 is 16.8 Å². The van der Waals surface area contributed by atoms with E-state index < -0.39 is 6.03 Å². The number of nitrogens with zero attached hydrogens (tertiary/aromatic N) is 1. The highest BCUT2D eigenvalue weighted by atomic mass is 16.2. The van der Waals surface area contributed by atoms with Gasteiger partial charge < -0.3 is 16.8 Å². The lowest BCUT2D eigenvalue weighted by molar-refractivity contribution is 0.259. The van der Waals surface area contributed by atoms with Crippen LogP contribution in [0.1, 0.15) is 36.4 Å². The molecule has 0 saturated carbocycles. The van der Waals surface area contributed by atoms with Crippen molar-refractivity contribution in [3.63, 3.8) is 0 Å². The molecule has 1 aromatic carbocycles. The number of anilines is 1. The van der Waals surface area contributed by atoms with Gasteiger partial charge in [0.05, 0.1) is 11.4 Å². The number of urea groups is 1. The second-order valence-electron chi connectivity index (χ2n) is 6.53. The molecular weight excluding hydrogens is 300 g/mol. The van der Waals surface area contributed by atoms with Gasteiger partial charge in [0.25, 0.3) is 0 Å². The molecule has 5 nitrogen and oxygen atoms in total. The SMILES string of the molecule is Cc1ccc(-c2c(CN)c(CC(C)C)nc(C)c2NC(N)=O)cc1. The van der Waals surface area contributed by atoms with Crippen LogP contribution in [-0.4, -0.2) is 11.0 Å². The molecule has 0 aliphatic heterocycles. The zero-order valence-corrected chi connectivity index (χ0v) is 14.8. The molecule has 2 amide bonds. The molecule has 24 heavy (non-hydrogen) atoms. The van der Waals surface area contributed by atoms with Crippen molar-refractivity contribution in [2.24, 2.45) is 17.4 Å². The normalized spacial score (nSPS) is 10.9. The number of aromatic nitrogens is 1. The van der Waals surface area contributed by atoms with Crippen molar-refractivity contribution >= 4 is 11.7 Å². The van der Waals surface area contributed by atoms with E-state index in [-0.39, 0.29) is 0 Å². The number of nitrogens with two attached hydrogens (primary N) is 2. The number of benzene rings is 1. The lowest BCUT2D eigenvalue weighted by atomic mass is 9.92. The molecular formula is C19H26N4O. The molecule has 0 spiro atoms. The van der Waals surface area contributed by atoms with E-state index in [1.165, 1.54) is 5.56 Å². The molecule has 128 valence electrons. The number of carbonyl (C=O) groups is 1. The Balaban J connectivity index is 2.75. The molecule has 1 aromatic heterocycles. The molecule has 2 aromatic rings. The first-order chi connectivity index (χ1) is 11.3. The van der Waals surface area contributed by atoms with Crippen LogP contribution in [0, 0.1) is 19.8 Å². The predicted octanol–water partition coefficient (Wildman–Crippen LogP) is 3.51. The van der Waals surface area contributed by atoms with Crippen LogP contribution in [-0.2, 0) is 13.0 Å². The molecule has 2 rings (SSSR count). The Labute approximate surface area is 143 Å². The van der Waals surface area contributed by atoms with Crippen molar-refractivity contribution < 1.29 is 4.79 Å². The summed E-state index contributed by atoms with van der Waals surface area (Å²) in [6.07, 6.45) is 0.836. The first-order valence-corrected chi connectivity index (χ1v) is 8.19. The molecule has 0 atom stereocenters. The van der Waals surface area contributed by atoms with Gasteiger partial charge in [0.1, 0.15) is 0 Å². The van der Waals surface area contributed by atoms with Crippen molar-refractivity contribution in [3.05, 3.63) is 46.8 Å². The lowest BCUT2D eigenvalue weighted by Crippen LogP contribution is -2.22. The van der Waals surface area contributed by atoms with Gasteiger partial charge in [0.15, 0.2) is 0 Å². The van der Waals surface area contributed by atoms with Crippen molar-refractivity contribution in [1.82, 2.24) is 4.98 Å². The minimum atomic E-state index is -0.604. The predicted molar refractivity (Wildman–Crippen MR) is 98.8 cm³/mol. The molecule has 0 aliphatic rings.